The van der Waals surface area contributed by atoms with Crippen LogP contribution >= 0.6 is 0 Å². The average molecular weight is 235 g/mol. The van der Waals surface area contributed by atoms with Gasteiger partial charge < -0.3 is 0 Å². The summed E-state index contributed by atoms with van der Waals surface area (Å²) in [5.74, 6) is 0.765. The molecule has 1 N–H and O–H groups in total. The van der Waals surface area contributed by atoms with Gasteiger partial charge in [-0.3, -0.25) is 10.1 Å². The van der Waals surface area contributed by atoms with Crippen LogP contribution in [0.2, 0.25) is 0 Å². The molecule has 1 aliphatic rings. The summed E-state index contributed by atoms with van der Waals surface area (Å²) in [5, 5.41) is 8.16. The zero-order valence-electron chi connectivity index (χ0n) is 9.93. The summed E-state index contributed by atoms with van der Waals surface area (Å²) in [5.41, 5.74) is 4.59. The largest absolute Gasteiger partial charge is 0.278 e. The lowest BCUT2D eigenvalue weighted by Crippen LogP contribution is -1.86. The number of aromatic amines is 1. The highest BCUT2D eigenvalue weighted by Crippen LogP contribution is 2.39. The van der Waals surface area contributed by atoms with Crippen LogP contribution in [0.15, 0.2) is 42.7 Å². The van der Waals surface area contributed by atoms with Crippen molar-refractivity contribution >= 4 is 10.9 Å². The van der Waals surface area contributed by atoms with Gasteiger partial charge in [0, 0.05) is 17.1 Å². The molecule has 1 saturated carbocycles. The molecule has 1 aliphatic carbocycles. The summed E-state index contributed by atoms with van der Waals surface area (Å²) in [4.78, 5) is 4.57. The van der Waals surface area contributed by atoms with Gasteiger partial charge in [0.15, 0.2) is 0 Å². The molecule has 2 heterocycles. The normalized spacial score (nSPS) is 15.1. The van der Waals surface area contributed by atoms with Crippen molar-refractivity contribution in [1.82, 2.24) is 15.2 Å². The predicted molar refractivity (Wildman–Crippen MR) is 71.3 cm³/mol. The predicted octanol–water partition coefficient (Wildman–Crippen LogP) is 3.50. The molecule has 0 saturated heterocycles. The van der Waals surface area contributed by atoms with E-state index in [-0.39, 0.29) is 0 Å². The van der Waals surface area contributed by atoms with Gasteiger partial charge in [-0.05, 0) is 36.5 Å². The number of fused-ring (bicyclic) bond motifs is 1. The molecule has 0 bridgehead atoms. The van der Waals surface area contributed by atoms with Gasteiger partial charge in [0.05, 0.1) is 17.4 Å². The van der Waals surface area contributed by atoms with E-state index in [1.54, 1.807) is 0 Å². The van der Waals surface area contributed by atoms with Crippen molar-refractivity contribution in [2.45, 2.75) is 18.8 Å². The third kappa shape index (κ3) is 1.59. The summed E-state index contributed by atoms with van der Waals surface area (Å²) < 4.78 is 0. The second kappa shape index (κ2) is 3.67. The molecule has 0 atom stereocenters. The van der Waals surface area contributed by atoms with Gasteiger partial charge in [0.25, 0.3) is 0 Å². The van der Waals surface area contributed by atoms with E-state index in [9.17, 15) is 0 Å². The zero-order chi connectivity index (χ0) is 11.9. The van der Waals surface area contributed by atoms with Crippen molar-refractivity contribution in [2.75, 3.05) is 0 Å². The van der Waals surface area contributed by atoms with E-state index in [1.807, 2.05) is 12.4 Å². The van der Waals surface area contributed by atoms with Gasteiger partial charge in [0.1, 0.15) is 0 Å². The molecule has 1 aromatic carbocycles. The van der Waals surface area contributed by atoms with E-state index in [1.165, 1.54) is 18.4 Å². The van der Waals surface area contributed by atoms with Crippen molar-refractivity contribution in [3.05, 3.63) is 48.3 Å². The summed E-state index contributed by atoms with van der Waals surface area (Å²) in [7, 11) is 0. The smallest absolute Gasteiger partial charge is 0.0702 e. The number of pyridine rings is 1. The van der Waals surface area contributed by atoms with Crippen molar-refractivity contribution in [2.24, 2.45) is 0 Å². The molecule has 4 rings (SSSR count). The number of hydrogen-bond acceptors (Lipinski definition) is 2. The van der Waals surface area contributed by atoms with E-state index in [0.29, 0.717) is 0 Å². The Balaban J connectivity index is 1.75. The van der Waals surface area contributed by atoms with E-state index < -0.39 is 0 Å². The average Bonchev–Trinajstić information content (AvgIpc) is 3.17. The van der Waals surface area contributed by atoms with Crippen LogP contribution in [0.1, 0.15) is 24.3 Å². The highest BCUT2D eigenvalue weighted by molar-refractivity contribution is 5.83. The fraction of sp³-hybridized carbons (Fsp3) is 0.200. The summed E-state index contributed by atoms with van der Waals surface area (Å²) in [6.07, 6.45) is 6.50. The number of hydrogen-bond donors (Lipinski definition) is 1. The molecule has 3 nitrogen and oxygen atoms in total. The molecule has 3 heteroatoms. The van der Waals surface area contributed by atoms with Crippen molar-refractivity contribution in [1.29, 1.82) is 0 Å². The molecule has 1 fully saturated rings. The summed E-state index contributed by atoms with van der Waals surface area (Å²) in [6.45, 7) is 0. The highest BCUT2D eigenvalue weighted by Gasteiger charge is 2.23. The molecule has 0 aliphatic heterocycles. The fourth-order valence-electron chi connectivity index (χ4n) is 2.33. The SMILES string of the molecule is c1cc2cn[nH]c2cc1-c1ccc(C2CC2)cn1. The minimum Gasteiger partial charge on any atom is -0.278 e. The molecule has 2 aromatic heterocycles. The van der Waals surface area contributed by atoms with Gasteiger partial charge in [-0.1, -0.05) is 18.2 Å². The molecular weight excluding hydrogens is 222 g/mol. The van der Waals surface area contributed by atoms with E-state index in [0.717, 1.165) is 28.1 Å². The Morgan fingerprint density at radius 1 is 1.06 bits per heavy atom. The van der Waals surface area contributed by atoms with Crippen LogP contribution < -0.4 is 0 Å². The Kier molecular flexibility index (Phi) is 2.00. The fourth-order valence-corrected chi connectivity index (χ4v) is 2.33. The first-order chi connectivity index (χ1) is 8.90. The van der Waals surface area contributed by atoms with Crippen molar-refractivity contribution in [3.8, 4) is 11.3 Å². The van der Waals surface area contributed by atoms with Crippen LogP contribution in [-0.4, -0.2) is 15.2 Å². The Morgan fingerprint density at radius 2 is 2.00 bits per heavy atom. The molecule has 0 amide bonds. The topological polar surface area (TPSA) is 41.6 Å². The maximum Gasteiger partial charge on any atom is 0.0702 e. The Labute approximate surface area is 105 Å². The third-order valence-corrected chi connectivity index (χ3v) is 3.57. The summed E-state index contributed by atoms with van der Waals surface area (Å²) in [6, 6.07) is 10.6. The molecule has 0 spiro atoms. The first-order valence-electron chi connectivity index (χ1n) is 6.29. The quantitative estimate of drug-likeness (QED) is 0.738. The van der Waals surface area contributed by atoms with Crippen LogP contribution in [0.3, 0.4) is 0 Å². The van der Waals surface area contributed by atoms with Crippen LogP contribution in [0.25, 0.3) is 22.2 Å². The monoisotopic (exact) mass is 235 g/mol. The van der Waals surface area contributed by atoms with Crippen molar-refractivity contribution in [3.63, 3.8) is 0 Å². The molecule has 3 aromatic rings. The lowest BCUT2D eigenvalue weighted by Gasteiger charge is -2.02. The first-order valence-corrected chi connectivity index (χ1v) is 6.29. The minimum atomic E-state index is 0.765. The Bertz CT molecular complexity index is 693. The van der Waals surface area contributed by atoms with Gasteiger partial charge in [0.2, 0.25) is 0 Å². The van der Waals surface area contributed by atoms with Crippen LogP contribution in [0.5, 0.6) is 0 Å². The second-order valence-electron chi connectivity index (χ2n) is 4.92. The van der Waals surface area contributed by atoms with Gasteiger partial charge in [-0.25, -0.2) is 0 Å². The first kappa shape index (κ1) is 9.83. The van der Waals surface area contributed by atoms with Crippen molar-refractivity contribution < 1.29 is 0 Å². The number of nitrogens with one attached hydrogen (secondary N) is 1. The number of aromatic nitrogens is 3. The lowest BCUT2D eigenvalue weighted by atomic mass is 10.1. The van der Waals surface area contributed by atoms with Gasteiger partial charge in [-0.15, -0.1) is 0 Å². The van der Waals surface area contributed by atoms with Crippen LogP contribution in [0.4, 0.5) is 0 Å². The lowest BCUT2D eigenvalue weighted by molar-refractivity contribution is 1.09. The minimum absolute atomic E-state index is 0.765. The molecule has 18 heavy (non-hydrogen) atoms. The number of H-pyrrole nitrogens is 1. The zero-order valence-corrected chi connectivity index (χ0v) is 9.93. The molecule has 0 radical (unpaired) electrons. The van der Waals surface area contributed by atoms with E-state index in [4.69, 9.17) is 0 Å². The molecule has 0 unspecified atom stereocenters. The number of benzene rings is 1. The third-order valence-electron chi connectivity index (χ3n) is 3.57. The van der Waals surface area contributed by atoms with E-state index >= 15 is 0 Å². The Morgan fingerprint density at radius 3 is 2.78 bits per heavy atom. The standard InChI is InChI=1S/C15H13N3/c1-2-10(1)12-5-6-14(16-8-12)11-3-4-13-9-17-18-15(13)7-11/h3-10H,1-2H2,(H,17,18). The summed E-state index contributed by atoms with van der Waals surface area (Å²) >= 11 is 0. The maximum absolute atomic E-state index is 4.57. The molecule has 88 valence electrons. The van der Waals surface area contributed by atoms with Crippen LogP contribution in [0, 0.1) is 0 Å². The highest BCUT2D eigenvalue weighted by atomic mass is 15.1. The molecular formula is C15H13N3. The maximum atomic E-state index is 4.57. The van der Waals surface area contributed by atoms with Crippen LogP contribution in [-0.2, 0) is 0 Å². The Hall–Kier alpha value is -2.16. The number of nitrogens with zero attached hydrogens (tertiary/aromatic N) is 2. The van der Waals surface area contributed by atoms with Gasteiger partial charge >= 0.3 is 0 Å². The number of rotatable bonds is 2. The van der Waals surface area contributed by atoms with E-state index in [2.05, 4.69) is 45.5 Å². The van der Waals surface area contributed by atoms with Gasteiger partial charge in [-0.2, -0.15) is 5.10 Å². The second-order valence-corrected chi connectivity index (χ2v) is 4.92.